The molecule has 2 unspecified atom stereocenters. The molecule has 1 fully saturated rings. The van der Waals surface area contributed by atoms with E-state index in [2.05, 4.69) is 9.27 Å². The van der Waals surface area contributed by atoms with Gasteiger partial charge in [0.1, 0.15) is 5.00 Å². The molecule has 0 aromatic carbocycles. The van der Waals surface area contributed by atoms with Gasteiger partial charge in [-0.3, -0.25) is 0 Å². The van der Waals surface area contributed by atoms with Crippen LogP contribution in [0.4, 0.5) is 10.8 Å². The number of hydrogen-bond acceptors (Lipinski definition) is 6. The second-order valence-corrected chi connectivity index (χ2v) is 6.05. The predicted octanol–water partition coefficient (Wildman–Crippen LogP) is 2.19. The fourth-order valence-corrected chi connectivity index (χ4v) is 4.18. The summed E-state index contributed by atoms with van der Waals surface area (Å²) in [5, 5.41) is 10.7. The smallest absolute Gasteiger partial charge is 0.153 e. The van der Waals surface area contributed by atoms with E-state index in [9.17, 15) is 5.11 Å². The van der Waals surface area contributed by atoms with Gasteiger partial charge in [-0.2, -0.15) is 4.37 Å². The van der Waals surface area contributed by atoms with Crippen LogP contribution in [0.15, 0.2) is 4.90 Å². The highest BCUT2D eigenvalue weighted by molar-refractivity contribution is 7.99. The topological polar surface area (TPSA) is 62.4 Å². The van der Waals surface area contributed by atoms with E-state index >= 15 is 0 Å². The number of aliphatic hydroxyl groups excluding tert-OH is 1. The molecular formula is C11H19N3OS2. The maximum Gasteiger partial charge on any atom is 0.153 e. The zero-order valence-electron chi connectivity index (χ0n) is 10.2. The molecule has 1 aliphatic rings. The third-order valence-corrected chi connectivity index (χ3v) is 4.95. The minimum Gasteiger partial charge on any atom is -0.393 e. The number of aliphatic hydroxyl groups is 1. The van der Waals surface area contributed by atoms with E-state index in [0.717, 1.165) is 24.3 Å². The largest absolute Gasteiger partial charge is 0.393 e. The third-order valence-electron chi connectivity index (χ3n) is 3.11. The highest BCUT2D eigenvalue weighted by Crippen LogP contribution is 2.41. The Balaban J connectivity index is 2.20. The van der Waals surface area contributed by atoms with Gasteiger partial charge in [0.05, 0.1) is 11.0 Å². The maximum absolute atomic E-state index is 9.54. The van der Waals surface area contributed by atoms with Gasteiger partial charge in [0, 0.05) is 12.6 Å². The highest BCUT2D eigenvalue weighted by Gasteiger charge is 2.29. The number of anilines is 2. The van der Waals surface area contributed by atoms with Gasteiger partial charge in [-0.15, -0.1) is 11.8 Å². The summed E-state index contributed by atoms with van der Waals surface area (Å²) in [6.45, 7) is 2.90. The van der Waals surface area contributed by atoms with Gasteiger partial charge in [-0.25, -0.2) is 0 Å². The first-order valence-electron chi connectivity index (χ1n) is 5.87. The molecule has 2 heterocycles. The zero-order chi connectivity index (χ0) is 12.4. The molecule has 17 heavy (non-hydrogen) atoms. The lowest BCUT2D eigenvalue weighted by Crippen LogP contribution is -2.31. The Hall–Kier alpha value is -0.460. The fourth-order valence-electron chi connectivity index (χ4n) is 2.40. The first-order valence-corrected chi connectivity index (χ1v) is 7.87. The van der Waals surface area contributed by atoms with Crippen molar-refractivity contribution in [2.24, 2.45) is 0 Å². The Morgan fingerprint density at radius 2 is 2.47 bits per heavy atom. The summed E-state index contributed by atoms with van der Waals surface area (Å²) in [4.78, 5) is 3.46. The Morgan fingerprint density at radius 3 is 3.12 bits per heavy atom. The summed E-state index contributed by atoms with van der Waals surface area (Å²) < 4.78 is 4.24. The van der Waals surface area contributed by atoms with Gasteiger partial charge in [0.25, 0.3) is 0 Å². The van der Waals surface area contributed by atoms with E-state index < -0.39 is 0 Å². The van der Waals surface area contributed by atoms with Gasteiger partial charge in [-0.1, -0.05) is 0 Å². The molecule has 0 saturated carbocycles. The molecule has 6 heteroatoms. The molecule has 4 nitrogen and oxygen atoms in total. The van der Waals surface area contributed by atoms with Crippen LogP contribution in [0.2, 0.25) is 0 Å². The molecular weight excluding hydrogens is 254 g/mol. The van der Waals surface area contributed by atoms with Gasteiger partial charge >= 0.3 is 0 Å². The fraction of sp³-hybridized carbons (Fsp3) is 0.727. The first kappa shape index (κ1) is 13.0. The average Bonchev–Trinajstić information content (AvgIpc) is 2.83. The standard InChI is InChI=1S/C11H19N3OS2/c1-7(15)6-8-4-3-5-14(8)11-9(16-2)10(12)13-17-11/h7-8,15H,3-6H2,1-2H3,(H2,12,13). The monoisotopic (exact) mass is 273 g/mol. The average molecular weight is 273 g/mol. The summed E-state index contributed by atoms with van der Waals surface area (Å²) in [5.41, 5.74) is 5.87. The lowest BCUT2D eigenvalue weighted by atomic mass is 10.1. The Morgan fingerprint density at radius 1 is 1.71 bits per heavy atom. The molecule has 3 N–H and O–H groups in total. The van der Waals surface area contributed by atoms with Crippen molar-refractivity contribution in [3.8, 4) is 0 Å². The number of nitrogens with two attached hydrogens (primary N) is 1. The molecule has 1 aliphatic heterocycles. The van der Waals surface area contributed by atoms with Crippen LogP contribution < -0.4 is 10.6 Å². The van der Waals surface area contributed by atoms with Crippen LogP contribution >= 0.6 is 23.3 Å². The van der Waals surface area contributed by atoms with Crippen molar-refractivity contribution in [1.29, 1.82) is 0 Å². The lowest BCUT2D eigenvalue weighted by molar-refractivity contribution is 0.175. The molecule has 2 atom stereocenters. The van der Waals surface area contributed by atoms with Crippen LogP contribution in [-0.4, -0.2) is 34.4 Å². The van der Waals surface area contributed by atoms with Crippen LogP contribution in [0.3, 0.4) is 0 Å². The van der Waals surface area contributed by atoms with Crippen molar-refractivity contribution in [3.05, 3.63) is 0 Å². The number of hydrogen-bond donors (Lipinski definition) is 2. The van der Waals surface area contributed by atoms with Crippen LogP contribution in [0.5, 0.6) is 0 Å². The molecule has 1 aromatic heterocycles. The van der Waals surface area contributed by atoms with Gasteiger partial charge in [0.2, 0.25) is 0 Å². The zero-order valence-corrected chi connectivity index (χ0v) is 11.9. The van der Waals surface area contributed by atoms with Crippen molar-refractivity contribution in [3.63, 3.8) is 0 Å². The van der Waals surface area contributed by atoms with Crippen molar-refractivity contribution in [1.82, 2.24) is 4.37 Å². The van der Waals surface area contributed by atoms with E-state index in [1.807, 2.05) is 13.2 Å². The van der Waals surface area contributed by atoms with Crippen LogP contribution in [0, 0.1) is 0 Å². The second-order valence-electron chi connectivity index (χ2n) is 4.48. The van der Waals surface area contributed by atoms with E-state index in [0.29, 0.717) is 11.9 Å². The van der Waals surface area contributed by atoms with Crippen LogP contribution in [0.25, 0.3) is 0 Å². The summed E-state index contributed by atoms with van der Waals surface area (Å²) in [6.07, 6.45) is 4.94. The SMILES string of the molecule is CSc1c(N)nsc1N1CCCC1CC(C)O. The Kier molecular flexibility index (Phi) is 4.17. The first-order chi connectivity index (χ1) is 8.13. The lowest BCUT2D eigenvalue weighted by Gasteiger charge is -2.26. The van der Waals surface area contributed by atoms with Crippen LogP contribution in [0.1, 0.15) is 26.2 Å². The third kappa shape index (κ3) is 2.69. The Bertz CT molecular complexity index is 381. The maximum atomic E-state index is 9.54. The van der Waals surface area contributed by atoms with E-state index in [1.54, 1.807) is 11.8 Å². The molecule has 0 aliphatic carbocycles. The van der Waals surface area contributed by atoms with Crippen molar-refractivity contribution >= 4 is 34.1 Å². The van der Waals surface area contributed by atoms with Gasteiger partial charge in [0.15, 0.2) is 5.82 Å². The second kappa shape index (κ2) is 5.46. The van der Waals surface area contributed by atoms with E-state index in [-0.39, 0.29) is 6.10 Å². The number of nitrogens with zero attached hydrogens (tertiary/aromatic N) is 2. The van der Waals surface area contributed by atoms with E-state index in [1.165, 1.54) is 23.0 Å². The van der Waals surface area contributed by atoms with Gasteiger partial charge < -0.3 is 15.7 Å². The molecule has 0 amide bonds. The van der Waals surface area contributed by atoms with E-state index in [4.69, 9.17) is 5.73 Å². The summed E-state index contributed by atoms with van der Waals surface area (Å²) in [7, 11) is 0. The van der Waals surface area contributed by atoms with Crippen LogP contribution in [-0.2, 0) is 0 Å². The number of aromatic nitrogens is 1. The molecule has 1 saturated heterocycles. The van der Waals surface area contributed by atoms with Crippen molar-refractivity contribution < 1.29 is 5.11 Å². The van der Waals surface area contributed by atoms with Crippen molar-refractivity contribution in [2.75, 3.05) is 23.4 Å². The number of rotatable bonds is 4. The highest BCUT2D eigenvalue weighted by atomic mass is 32.2. The quantitative estimate of drug-likeness (QED) is 0.823. The molecule has 1 aromatic rings. The Labute approximate surface area is 110 Å². The molecule has 0 bridgehead atoms. The molecule has 2 rings (SSSR count). The summed E-state index contributed by atoms with van der Waals surface area (Å²) >= 11 is 3.13. The van der Waals surface area contributed by atoms with Gasteiger partial charge in [-0.05, 0) is 44.0 Å². The molecule has 96 valence electrons. The predicted molar refractivity (Wildman–Crippen MR) is 75.0 cm³/mol. The summed E-state index contributed by atoms with van der Waals surface area (Å²) in [6, 6.07) is 0.431. The minimum absolute atomic E-state index is 0.247. The minimum atomic E-state index is -0.247. The normalized spacial score (nSPS) is 22.1. The molecule has 0 spiro atoms. The number of nitrogen functional groups attached to an aromatic ring is 1. The van der Waals surface area contributed by atoms with Crippen molar-refractivity contribution in [2.45, 2.75) is 43.2 Å². The number of thioether (sulfide) groups is 1. The summed E-state index contributed by atoms with van der Waals surface area (Å²) in [5.74, 6) is 0.639. The molecule has 0 radical (unpaired) electrons.